The molecule has 0 aliphatic heterocycles. The van der Waals surface area contributed by atoms with Crippen molar-refractivity contribution in [1.82, 2.24) is 19.1 Å². The van der Waals surface area contributed by atoms with Crippen LogP contribution in [0.1, 0.15) is 0 Å². The molecule has 13 rings (SSSR count). The van der Waals surface area contributed by atoms with E-state index in [0.29, 0.717) is 5.82 Å². The van der Waals surface area contributed by atoms with Gasteiger partial charge in [-0.1, -0.05) is 194 Å². The Balaban J connectivity index is 0.907. The Morgan fingerprint density at radius 3 is 1.22 bits per heavy atom. The van der Waals surface area contributed by atoms with Crippen LogP contribution in [0.3, 0.4) is 0 Å². The maximum Gasteiger partial charge on any atom is 0.160 e. The summed E-state index contributed by atoms with van der Waals surface area (Å²) >= 11 is 0. The third-order valence-corrected chi connectivity index (χ3v) is 13.3. The zero-order valence-electron chi connectivity index (χ0n) is 37.0. The van der Waals surface area contributed by atoms with Gasteiger partial charge in [0.1, 0.15) is 0 Å². The third kappa shape index (κ3) is 6.86. The third-order valence-electron chi connectivity index (χ3n) is 13.3. The molecule has 0 aliphatic rings. The van der Waals surface area contributed by atoms with E-state index in [1.807, 2.05) is 12.1 Å². The smallest absolute Gasteiger partial charge is 0.160 e. The molecule has 10 aromatic carbocycles. The van der Waals surface area contributed by atoms with Gasteiger partial charge in [-0.05, 0) is 94.0 Å². The van der Waals surface area contributed by atoms with Gasteiger partial charge in [0.25, 0.3) is 0 Å². The molecule has 68 heavy (non-hydrogen) atoms. The van der Waals surface area contributed by atoms with Gasteiger partial charge in [0.15, 0.2) is 5.82 Å². The van der Waals surface area contributed by atoms with Crippen LogP contribution in [0.4, 0.5) is 0 Å². The van der Waals surface area contributed by atoms with Crippen LogP contribution in [-0.2, 0) is 0 Å². The summed E-state index contributed by atoms with van der Waals surface area (Å²) in [5.74, 6) is 0.685. The van der Waals surface area contributed by atoms with Crippen molar-refractivity contribution in [3.8, 4) is 78.7 Å². The Morgan fingerprint density at radius 2 is 0.603 bits per heavy atom. The summed E-state index contributed by atoms with van der Waals surface area (Å²) in [7, 11) is 0. The van der Waals surface area contributed by atoms with E-state index in [1.54, 1.807) is 0 Å². The SMILES string of the molecule is c1ccc(-c2ccc(-c3cc(-c4ccccc4)nc(-c4cccc(-c5ccc6c7ccccc7n(-c7cccc(-c8ccc9c%10ccccc%10n(-c%10ccccc%10)c9c8)c7)c6c5)c4)n3)cc2)cc1. The van der Waals surface area contributed by atoms with Gasteiger partial charge in [-0.3, -0.25) is 0 Å². The molecule has 0 amide bonds. The largest absolute Gasteiger partial charge is 0.309 e. The first-order chi connectivity index (χ1) is 33.7. The molecule has 3 aromatic heterocycles. The van der Waals surface area contributed by atoms with E-state index < -0.39 is 0 Å². The van der Waals surface area contributed by atoms with Crippen molar-refractivity contribution in [1.29, 1.82) is 0 Å². The minimum atomic E-state index is 0.685. The van der Waals surface area contributed by atoms with Crippen LogP contribution in [0.25, 0.3) is 122 Å². The van der Waals surface area contributed by atoms with Crippen LogP contribution in [0.2, 0.25) is 0 Å². The molecule has 0 bridgehead atoms. The lowest BCUT2D eigenvalue weighted by Crippen LogP contribution is -1.96. The second-order valence-corrected chi connectivity index (χ2v) is 17.4. The number of aromatic nitrogens is 4. The van der Waals surface area contributed by atoms with Crippen molar-refractivity contribution in [3.05, 3.63) is 255 Å². The van der Waals surface area contributed by atoms with Crippen molar-refractivity contribution >= 4 is 43.6 Å². The molecule has 0 N–H and O–H groups in total. The van der Waals surface area contributed by atoms with E-state index >= 15 is 0 Å². The number of benzene rings is 10. The van der Waals surface area contributed by atoms with Crippen LogP contribution in [0, 0.1) is 0 Å². The molecule has 4 nitrogen and oxygen atoms in total. The van der Waals surface area contributed by atoms with Gasteiger partial charge < -0.3 is 9.13 Å². The summed E-state index contributed by atoms with van der Waals surface area (Å²) in [5.41, 5.74) is 18.7. The standard InChI is InChI=1S/C64H42N4/c1-4-16-43(17-5-1)44-30-32-46(33-31-44)59-42-58(45-18-6-2-7-19-45)65-64(66-59)51-22-14-20-47(38-51)49-34-36-57-55-27-11-13-29-61(55)68(63(57)40-49)53-25-15-21-48(39-53)50-35-37-56-54-26-10-12-28-60(54)67(62(56)41-50)52-23-8-3-9-24-52/h1-42H. The predicted molar refractivity (Wildman–Crippen MR) is 283 cm³/mol. The summed E-state index contributed by atoms with van der Waals surface area (Å²) in [6.07, 6.45) is 0. The molecule has 0 saturated heterocycles. The van der Waals surface area contributed by atoms with Crippen LogP contribution in [0.15, 0.2) is 255 Å². The number of nitrogens with zero attached hydrogens (tertiary/aromatic N) is 4. The molecule has 13 aromatic rings. The topological polar surface area (TPSA) is 35.6 Å². The second kappa shape index (κ2) is 16.4. The monoisotopic (exact) mass is 866 g/mol. The van der Waals surface area contributed by atoms with Gasteiger partial charge >= 0.3 is 0 Å². The highest BCUT2D eigenvalue weighted by Gasteiger charge is 2.18. The molecule has 0 aliphatic carbocycles. The quantitative estimate of drug-likeness (QED) is 0.153. The fourth-order valence-corrected chi connectivity index (χ4v) is 10.0. The van der Waals surface area contributed by atoms with Crippen molar-refractivity contribution < 1.29 is 0 Å². The summed E-state index contributed by atoms with van der Waals surface area (Å²) < 4.78 is 4.81. The number of hydrogen-bond donors (Lipinski definition) is 0. The van der Waals surface area contributed by atoms with Gasteiger partial charge in [0, 0.05) is 49.6 Å². The Labute approximate surface area is 394 Å². The fourth-order valence-electron chi connectivity index (χ4n) is 10.0. The maximum absolute atomic E-state index is 5.23. The summed E-state index contributed by atoms with van der Waals surface area (Å²) in [6, 6.07) is 91.1. The zero-order chi connectivity index (χ0) is 45.0. The number of hydrogen-bond acceptors (Lipinski definition) is 2. The Kier molecular flexibility index (Phi) is 9.47. The van der Waals surface area contributed by atoms with E-state index in [0.717, 1.165) is 61.7 Å². The summed E-state index contributed by atoms with van der Waals surface area (Å²) in [6.45, 7) is 0. The van der Waals surface area contributed by atoms with E-state index in [9.17, 15) is 0 Å². The molecule has 4 heteroatoms. The zero-order valence-corrected chi connectivity index (χ0v) is 37.0. The number of para-hydroxylation sites is 3. The lowest BCUT2D eigenvalue weighted by Gasteiger charge is -2.13. The van der Waals surface area contributed by atoms with Gasteiger partial charge in [0.05, 0.1) is 33.5 Å². The minimum absolute atomic E-state index is 0.685. The lowest BCUT2D eigenvalue weighted by atomic mass is 10.00. The molecule has 0 atom stereocenters. The molecule has 0 fully saturated rings. The molecule has 0 unspecified atom stereocenters. The highest BCUT2D eigenvalue weighted by atomic mass is 15.0. The average molecular weight is 867 g/mol. The Morgan fingerprint density at radius 1 is 0.221 bits per heavy atom. The first-order valence-electron chi connectivity index (χ1n) is 23.1. The first-order valence-corrected chi connectivity index (χ1v) is 23.1. The van der Waals surface area contributed by atoms with Gasteiger partial charge in [-0.15, -0.1) is 0 Å². The Hall–Kier alpha value is -9.12. The predicted octanol–water partition coefficient (Wildman–Crippen LogP) is 16.7. The van der Waals surface area contributed by atoms with Crippen molar-refractivity contribution in [2.45, 2.75) is 0 Å². The van der Waals surface area contributed by atoms with Gasteiger partial charge in [-0.25, -0.2) is 9.97 Å². The van der Waals surface area contributed by atoms with Crippen LogP contribution < -0.4 is 0 Å². The second-order valence-electron chi connectivity index (χ2n) is 17.4. The van der Waals surface area contributed by atoms with Crippen LogP contribution in [-0.4, -0.2) is 19.1 Å². The molecular formula is C64H42N4. The van der Waals surface area contributed by atoms with Crippen LogP contribution in [0.5, 0.6) is 0 Å². The average Bonchev–Trinajstić information content (AvgIpc) is 3.94. The fraction of sp³-hybridized carbons (Fsp3) is 0. The van der Waals surface area contributed by atoms with E-state index in [4.69, 9.17) is 9.97 Å². The van der Waals surface area contributed by atoms with Crippen molar-refractivity contribution in [2.75, 3.05) is 0 Å². The molecule has 0 radical (unpaired) electrons. The Bertz CT molecular complexity index is 4000. The molecule has 0 spiro atoms. The lowest BCUT2D eigenvalue weighted by molar-refractivity contribution is 1.18. The van der Waals surface area contributed by atoms with Gasteiger partial charge in [0.2, 0.25) is 0 Å². The summed E-state index contributed by atoms with van der Waals surface area (Å²) in [4.78, 5) is 10.4. The molecule has 3 heterocycles. The highest BCUT2D eigenvalue weighted by Crippen LogP contribution is 2.39. The van der Waals surface area contributed by atoms with Crippen molar-refractivity contribution in [2.24, 2.45) is 0 Å². The number of fused-ring (bicyclic) bond motifs is 6. The maximum atomic E-state index is 5.23. The van der Waals surface area contributed by atoms with Crippen LogP contribution >= 0.6 is 0 Å². The molecule has 318 valence electrons. The number of rotatable bonds is 8. The van der Waals surface area contributed by atoms with E-state index in [1.165, 1.54) is 54.8 Å². The highest BCUT2D eigenvalue weighted by molar-refractivity contribution is 6.11. The van der Waals surface area contributed by atoms with E-state index in [2.05, 4.69) is 252 Å². The first kappa shape index (κ1) is 39.3. The summed E-state index contributed by atoms with van der Waals surface area (Å²) in [5, 5.41) is 4.92. The minimum Gasteiger partial charge on any atom is -0.309 e. The van der Waals surface area contributed by atoms with Gasteiger partial charge in [-0.2, -0.15) is 0 Å². The molecule has 0 saturated carbocycles. The van der Waals surface area contributed by atoms with E-state index in [-0.39, 0.29) is 0 Å². The van der Waals surface area contributed by atoms with Crippen molar-refractivity contribution in [3.63, 3.8) is 0 Å². The normalized spacial score (nSPS) is 11.5. The molecular weight excluding hydrogens is 825 g/mol.